The smallest absolute Gasteiger partial charge is 0.287 e. The van der Waals surface area contributed by atoms with Crippen LogP contribution in [-0.4, -0.2) is 76.4 Å². The van der Waals surface area contributed by atoms with E-state index in [1.54, 1.807) is 12.4 Å². The largest absolute Gasteiger partial charge is 0.399 e. The molecule has 1 amide bonds. The Morgan fingerprint density at radius 2 is 1.86 bits per heavy atom. The molecule has 0 spiro atoms. The third-order valence-electron chi connectivity index (χ3n) is 6.70. The predicted molar refractivity (Wildman–Crippen MR) is 139 cm³/mol. The number of rotatable bonds is 6. The quantitative estimate of drug-likeness (QED) is 0.422. The number of anilines is 1. The van der Waals surface area contributed by atoms with Gasteiger partial charge in [0.15, 0.2) is 0 Å². The molecule has 1 fully saturated rings. The van der Waals surface area contributed by atoms with Gasteiger partial charge >= 0.3 is 0 Å². The zero-order valence-electron chi connectivity index (χ0n) is 20.2. The maximum atomic E-state index is 13.0. The van der Waals surface area contributed by atoms with Crippen LogP contribution in [0.5, 0.6) is 0 Å². The summed E-state index contributed by atoms with van der Waals surface area (Å²) in [5.74, 6) is 0.214. The number of nitrogen functional groups attached to an aromatic ring is 1. The van der Waals surface area contributed by atoms with Gasteiger partial charge in [0.05, 0.1) is 17.4 Å². The van der Waals surface area contributed by atoms with E-state index in [0.717, 1.165) is 71.9 Å². The van der Waals surface area contributed by atoms with Gasteiger partial charge in [0, 0.05) is 74.0 Å². The molecule has 180 valence electrons. The summed E-state index contributed by atoms with van der Waals surface area (Å²) < 4.78 is 1.85. The van der Waals surface area contributed by atoms with Crippen molar-refractivity contribution in [3.05, 3.63) is 72.4 Å². The average molecular weight is 470 g/mol. The lowest BCUT2D eigenvalue weighted by molar-refractivity contribution is 0.0930. The second-order valence-electron chi connectivity index (χ2n) is 9.17. The molecule has 3 N–H and O–H groups in total. The van der Waals surface area contributed by atoms with Gasteiger partial charge in [0.25, 0.3) is 5.91 Å². The molecule has 8 nitrogen and oxygen atoms in total. The standard InChI is InChI=1S/C27H31N7O/c1-19-16-20(6-8-24(19)28)25-23(4-3-9-29-25)21-5-7-22-17-31-26(34(22)18-21)27(35)30-10-11-33-14-12-32(2)13-15-33/h3-9,16-18H,10-15,28H2,1-2H3,(H,30,35). The number of nitrogens with zero attached hydrogens (tertiary/aromatic N) is 5. The summed E-state index contributed by atoms with van der Waals surface area (Å²) in [7, 11) is 2.14. The minimum absolute atomic E-state index is 0.170. The first-order valence-electron chi connectivity index (χ1n) is 12.0. The van der Waals surface area contributed by atoms with E-state index in [1.807, 2.05) is 53.9 Å². The number of benzene rings is 1. The molecule has 1 aliphatic heterocycles. The van der Waals surface area contributed by atoms with Crippen molar-refractivity contribution in [2.75, 3.05) is 52.0 Å². The van der Waals surface area contributed by atoms with Crippen LogP contribution in [0.15, 0.2) is 61.1 Å². The fourth-order valence-electron chi connectivity index (χ4n) is 4.49. The predicted octanol–water partition coefficient (Wildman–Crippen LogP) is 2.93. The summed E-state index contributed by atoms with van der Waals surface area (Å²) in [5, 5.41) is 3.04. The first kappa shape index (κ1) is 23.0. The van der Waals surface area contributed by atoms with Crippen molar-refractivity contribution >= 4 is 17.1 Å². The highest BCUT2D eigenvalue weighted by atomic mass is 16.2. The molecule has 0 aliphatic carbocycles. The van der Waals surface area contributed by atoms with Gasteiger partial charge in [0.2, 0.25) is 5.82 Å². The van der Waals surface area contributed by atoms with E-state index in [1.165, 1.54) is 0 Å². The monoisotopic (exact) mass is 469 g/mol. The molecule has 5 rings (SSSR count). The highest BCUT2D eigenvalue weighted by molar-refractivity contribution is 5.92. The molecular weight excluding hydrogens is 438 g/mol. The molecule has 0 unspecified atom stereocenters. The van der Waals surface area contributed by atoms with Crippen molar-refractivity contribution in [1.29, 1.82) is 0 Å². The number of aromatic nitrogens is 3. The minimum Gasteiger partial charge on any atom is -0.399 e. The number of pyridine rings is 2. The van der Waals surface area contributed by atoms with Crippen LogP contribution >= 0.6 is 0 Å². The van der Waals surface area contributed by atoms with E-state index in [-0.39, 0.29) is 5.91 Å². The van der Waals surface area contributed by atoms with Gasteiger partial charge in [-0.25, -0.2) is 4.98 Å². The molecule has 35 heavy (non-hydrogen) atoms. The normalized spacial score (nSPS) is 14.9. The summed E-state index contributed by atoms with van der Waals surface area (Å²) >= 11 is 0. The van der Waals surface area contributed by atoms with Gasteiger partial charge in [-0.3, -0.25) is 19.1 Å². The van der Waals surface area contributed by atoms with Crippen LogP contribution in [0.3, 0.4) is 0 Å². The van der Waals surface area contributed by atoms with Gasteiger partial charge in [-0.2, -0.15) is 0 Å². The number of hydrogen-bond donors (Lipinski definition) is 2. The minimum atomic E-state index is -0.170. The number of carbonyl (C=O) groups is 1. The summed E-state index contributed by atoms with van der Waals surface area (Å²) in [6, 6.07) is 13.9. The van der Waals surface area contributed by atoms with Crippen molar-refractivity contribution in [3.63, 3.8) is 0 Å². The first-order valence-corrected chi connectivity index (χ1v) is 12.0. The molecule has 1 aromatic carbocycles. The molecule has 4 heterocycles. The highest BCUT2D eigenvalue weighted by Gasteiger charge is 2.17. The lowest BCUT2D eigenvalue weighted by atomic mass is 9.99. The van der Waals surface area contributed by atoms with E-state index in [9.17, 15) is 4.79 Å². The number of piperazine rings is 1. The zero-order valence-corrected chi connectivity index (χ0v) is 20.2. The molecule has 3 aromatic heterocycles. The van der Waals surface area contributed by atoms with E-state index in [4.69, 9.17) is 5.73 Å². The van der Waals surface area contributed by atoms with Crippen LogP contribution in [0.1, 0.15) is 16.2 Å². The molecule has 4 aromatic rings. The number of nitrogens with two attached hydrogens (primary N) is 1. The summed E-state index contributed by atoms with van der Waals surface area (Å²) in [6.07, 6.45) is 5.48. The summed E-state index contributed by atoms with van der Waals surface area (Å²) in [5.41, 5.74) is 12.5. The number of nitrogens with one attached hydrogen (secondary N) is 1. The van der Waals surface area contributed by atoms with E-state index in [0.29, 0.717) is 12.4 Å². The van der Waals surface area contributed by atoms with E-state index >= 15 is 0 Å². The van der Waals surface area contributed by atoms with Crippen LogP contribution in [0, 0.1) is 6.92 Å². The van der Waals surface area contributed by atoms with E-state index in [2.05, 4.69) is 38.2 Å². The molecule has 0 atom stereocenters. The molecule has 0 bridgehead atoms. The Bertz CT molecular complexity index is 1350. The third-order valence-corrected chi connectivity index (χ3v) is 6.70. The van der Waals surface area contributed by atoms with Gasteiger partial charge in [-0.1, -0.05) is 18.2 Å². The lowest BCUT2D eigenvalue weighted by Crippen LogP contribution is -2.47. The Kier molecular flexibility index (Phi) is 6.48. The van der Waals surface area contributed by atoms with Crippen LogP contribution in [-0.2, 0) is 0 Å². The molecule has 1 aliphatic rings. The highest BCUT2D eigenvalue weighted by Crippen LogP contribution is 2.32. The molecule has 0 saturated carbocycles. The number of fused-ring (bicyclic) bond motifs is 1. The maximum Gasteiger partial charge on any atom is 0.287 e. The van der Waals surface area contributed by atoms with Crippen molar-refractivity contribution in [2.45, 2.75) is 6.92 Å². The number of hydrogen-bond acceptors (Lipinski definition) is 6. The number of imidazole rings is 1. The number of amides is 1. The van der Waals surface area contributed by atoms with Gasteiger partial charge in [-0.05, 0) is 43.8 Å². The molecule has 8 heteroatoms. The van der Waals surface area contributed by atoms with E-state index < -0.39 is 0 Å². The second-order valence-corrected chi connectivity index (χ2v) is 9.17. The van der Waals surface area contributed by atoms with Crippen LogP contribution in [0.4, 0.5) is 5.69 Å². The lowest BCUT2D eigenvalue weighted by Gasteiger charge is -2.32. The number of likely N-dealkylation sites (N-methyl/N-ethyl adjacent to an activating group) is 1. The first-order chi connectivity index (χ1) is 17.0. The van der Waals surface area contributed by atoms with Crippen molar-refractivity contribution in [3.8, 4) is 22.4 Å². The third kappa shape index (κ3) is 4.89. The Morgan fingerprint density at radius 1 is 1.06 bits per heavy atom. The Labute approximate surface area is 205 Å². The number of carbonyl (C=O) groups excluding carboxylic acids is 1. The fraction of sp³-hybridized carbons (Fsp3) is 0.296. The van der Waals surface area contributed by atoms with Crippen LogP contribution < -0.4 is 11.1 Å². The average Bonchev–Trinajstić information content (AvgIpc) is 3.30. The topological polar surface area (TPSA) is 91.8 Å². The number of aryl methyl sites for hydroxylation is 1. The van der Waals surface area contributed by atoms with Crippen molar-refractivity contribution in [2.24, 2.45) is 0 Å². The SMILES string of the molecule is Cc1cc(-c2ncccc2-c2ccc3cnc(C(=O)NCCN4CCN(C)CC4)n3c2)ccc1N. The Morgan fingerprint density at radius 3 is 2.66 bits per heavy atom. The van der Waals surface area contributed by atoms with Gasteiger partial charge < -0.3 is 16.0 Å². The Hall–Kier alpha value is -3.75. The fourth-order valence-corrected chi connectivity index (χ4v) is 4.49. The van der Waals surface area contributed by atoms with Gasteiger partial charge in [0.1, 0.15) is 0 Å². The summed E-state index contributed by atoms with van der Waals surface area (Å²) in [6.45, 7) is 7.62. The van der Waals surface area contributed by atoms with Crippen molar-refractivity contribution < 1.29 is 4.79 Å². The zero-order chi connectivity index (χ0) is 24.4. The maximum absolute atomic E-state index is 13.0. The molecular formula is C27H31N7O. The second kappa shape index (κ2) is 9.85. The molecule has 1 saturated heterocycles. The van der Waals surface area contributed by atoms with Gasteiger partial charge in [-0.15, -0.1) is 0 Å². The Balaban J connectivity index is 1.38. The van der Waals surface area contributed by atoms with Crippen LogP contribution in [0.2, 0.25) is 0 Å². The van der Waals surface area contributed by atoms with Crippen LogP contribution in [0.25, 0.3) is 27.9 Å². The summed E-state index contributed by atoms with van der Waals surface area (Å²) in [4.78, 5) is 26.7. The van der Waals surface area contributed by atoms with Crippen molar-refractivity contribution in [1.82, 2.24) is 29.5 Å². The molecule has 0 radical (unpaired) electrons.